The van der Waals surface area contributed by atoms with Crippen molar-refractivity contribution < 1.29 is 18.3 Å². The molecule has 3 rings (SSSR count). The minimum atomic E-state index is -2.70. The molecule has 0 saturated carbocycles. The second-order valence-electron chi connectivity index (χ2n) is 6.38. The summed E-state index contributed by atoms with van der Waals surface area (Å²) in [6, 6.07) is 7.62. The molecular weight excluding hydrogens is 422 g/mol. The number of nitrogens with one attached hydrogen (secondary N) is 1. The van der Waals surface area contributed by atoms with Crippen LogP contribution in [0.25, 0.3) is 0 Å². The Labute approximate surface area is 164 Å². The standard InChI is InChI=1S/C18H21BrF2N4O2/c1-12-16(19)17(18(20)21)23-25(12)11-15(26)22-14-4-2-3-13(9-14)10-24-5-7-27-8-6-24/h2-4,9,18H,5-8,10-11H2,1H3,(H,22,26). The molecule has 2 heterocycles. The molecule has 0 unspecified atom stereocenters. The maximum absolute atomic E-state index is 12.9. The van der Waals surface area contributed by atoms with Crippen molar-refractivity contribution in [1.82, 2.24) is 14.7 Å². The topological polar surface area (TPSA) is 59.4 Å². The SMILES string of the molecule is Cc1c(Br)c(C(F)F)nn1CC(=O)Nc1cccc(CN2CCOCC2)c1. The van der Waals surface area contributed by atoms with Crippen molar-refractivity contribution in [3.63, 3.8) is 0 Å². The van der Waals surface area contributed by atoms with Gasteiger partial charge in [-0.05, 0) is 40.5 Å². The van der Waals surface area contributed by atoms with Gasteiger partial charge < -0.3 is 10.1 Å². The van der Waals surface area contributed by atoms with E-state index in [0.717, 1.165) is 38.4 Å². The van der Waals surface area contributed by atoms with Gasteiger partial charge >= 0.3 is 0 Å². The number of anilines is 1. The van der Waals surface area contributed by atoms with E-state index in [2.05, 4.69) is 31.2 Å². The lowest BCUT2D eigenvalue weighted by Crippen LogP contribution is -2.35. The largest absolute Gasteiger partial charge is 0.379 e. The fourth-order valence-corrected chi connectivity index (χ4v) is 3.40. The molecule has 0 bridgehead atoms. The van der Waals surface area contributed by atoms with Crippen LogP contribution in [0, 0.1) is 6.92 Å². The van der Waals surface area contributed by atoms with Gasteiger partial charge in [-0.3, -0.25) is 14.4 Å². The number of nitrogens with zero attached hydrogens (tertiary/aromatic N) is 3. The van der Waals surface area contributed by atoms with Crippen LogP contribution in [-0.4, -0.2) is 46.9 Å². The number of hydrogen-bond donors (Lipinski definition) is 1. The fourth-order valence-electron chi connectivity index (χ4n) is 2.94. The Bertz CT molecular complexity index is 807. The molecule has 1 amide bonds. The van der Waals surface area contributed by atoms with E-state index in [0.29, 0.717) is 11.4 Å². The van der Waals surface area contributed by atoms with Gasteiger partial charge in [-0.15, -0.1) is 0 Å². The number of benzene rings is 1. The zero-order valence-corrected chi connectivity index (χ0v) is 16.5. The minimum absolute atomic E-state index is 0.134. The normalized spacial score (nSPS) is 15.3. The number of rotatable bonds is 6. The van der Waals surface area contributed by atoms with Crippen LogP contribution in [0.5, 0.6) is 0 Å². The van der Waals surface area contributed by atoms with Crippen molar-refractivity contribution in [3.05, 3.63) is 45.7 Å². The van der Waals surface area contributed by atoms with Crippen molar-refractivity contribution in [2.75, 3.05) is 31.6 Å². The van der Waals surface area contributed by atoms with Crippen LogP contribution >= 0.6 is 15.9 Å². The number of aromatic nitrogens is 2. The molecule has 0 aliphatic carbocycles. The van der Waals surface area contributed by atoms with Crippen molar-refractivity contribution >= 4 is 27.5 Å². The highest BCUT2D eigenvalue weighted by Crippen LogP contribution is 2.29. The Morgan fingerprint density at radius 2 is 2.11 bits per heavy atom. The van der Waals surface area contributed by atoms with Gasteiger partial charge in [0.25, 0.3) is 6.43 Å². The lowest BCUT2D eigenvalue weighted by molar-refractivity contribution is -0.117. The van der Waals surface area contributed by atoms with Crippen molar-refractivity contribution in [3.8, 4) is 0 Å². The fraction of sp³-hybridized carbons (Fsp3) is 0.444. The molecule has 27 heavy (non-hydrogen) atoms. The van der Waals surface area contributed by atoms with Crippen LogP contribution in [0.3, 0.4) is 0 Å². The molecular formula is C18H21BrF2N4O2. The number of amides is 1. The van der Waals surface area contributed by atoms with Crippen LogP contribution in [0.15, 0.2) is 28.7 Å². The van der Waals surface area contributed by atoms with E-state index < -0.39 is 6.43 Å². The van der Waals surface area contributed by atoms with Gasteiger partial charge in [-0.25, -0.2) is 8.78 Å². The van der Waals surface area contributed by atoms with Gasteiger partial charge in [0, 0.05) is 25.3 Å². The second kappa shape index (κ2) is 8.90. The number of carbonyl (C=O) groups is 1. The van der Waals surface area contributed by atoms with E-state index in [1.165, 1.54) is 4.68 Å². The summed E-state index contributed by atoms with van der Waals surface area (Å²) < 4.78 is 32.7. The Kier molecular flexibility index (Phi) is 6.56. The highest BCUT2D eigenvalue weighted by molar-refractivity contribution is 9.10. The third kappa shape index (κ3) is 5.12. The summed E-state index contributed by atoms with van der Waals surface area (Å²) in [5.41, 5.74) is 1.89. The first-order chi connectivity index (χ1) is 12.9. The smallest absolute Gasteiger partial charge is 0.283 e. The van der Waals surface area contributed by atoms with Gasteiger partial charge in [0.2, 0.25) is 5.91 Å². The van der Waals surface area contributed by atoms with Crippen LogP contribution in [0.2, 0.25) is 0 Å². The molecule has 0 radical (unpaired) electrons. The summed E-state index contributed by atoms with van der Waals surface area (Å²) in [6.45, 7) is 5.53. The van der Waals surface area contributed by atoms with Gasteiger partial charge in [-0.1, -0.05) is 12.1 Å². The Morgan fingerprint density at radius 1 is 1.37 bits per heavy atom. The minimum Gasteiger partial charge on any atom is -0.379 e. The summed E-state index contributed by atoms with van der Waals surface area (Å²) in [7, 11) is 0. The van der Waals surface area contributed by atoms with Crippen LogP contribution < -0.4 is 5.32 Å². The zero-order valence-electron chi connectivity index (χ0n) is 14.9. The van der Waals surface area contributed by atoms with Crippen LogP contribution in [0.1, 0.15) is 23.4 Å². The lowest BCUT2D eigenvalue weighted by atomic mass is 10.2. The Morgan fingerprint density at radius 3 is 2.78 bits per heavy atom. The van der Waals surface area contributed by atoms with E-state index in [9.17, 15) is 13.6 Å². The van der Waals surface area contributed by atoms with Gasteiger partial charge in [0.1, 0.15) is 12.2 Å². The first kappa shape index (κ1) is 19.9. The first-order valence-electron chi connectivity index (χ1n) is 8.64. The molecule has 9 heteroatoms. The van der Waals surface area contributed by atoms with Crippen molar-refractivity contribution in [1.29, 1.82) is 0 Å². The van der Waals surface area contributed by atoms with E-state index in [1.54, 1.807) is 13.0 Å². The number of carbonyl (C=O) groups excluding carboxylic acids is 1. The van der Waals surface area contributed by atoms with E-state index in [-0.39, 0.29) is 22.6 Å². The molecule has 1 N–H and O–H groups in total. The number of hydrogen-bond acceptors (Lipinski definition) is 4. The molecule has 1 fully saturated rings. The average molecular weight is 443 g/mol. The number of morpholine rings is 1. The molecule has 6 nitrogen and oxygen atoms in total. The number of alkyl halides is 2. The molecule has 1 aliphatic rings. The predicted molar refractivity (Wildman–Crippen MR) is 101 cm³/mol. The molecule has 0 spiro atoms. The summed E-state index contributed by atoms with van der Waals surface area (Å²) in [4.78, 5) is 14.6. The Balaban J connectivity index is 1.62. The van der Waals surface area contributed by atoms with Crippen LogP contribution in [0.4, 0.5) is 14.5 Å². The van der Waals surface area contributed by atoms with E-state index >= 15 is 0 Å². The predicted octanol–water partition coefficient (Wildman–Crippen LogP) is 3.36. The van der Waals surface area contributed by atoms with Gasteiger partial charge in [-0.2, -0.15) is 5.10 Å². The molecule has 1 saturated heterocycles. The number of ether oxygens (including phenoxy) is 1. The highest BCUT2D eigenvalue weighted by atomic mass is 79.9. The maximum Gasteiger partial charge on any atom is 0.283 e. The average Bonchev–Trinajstić information content (AvgIpc) is 2.91. The summed E-state index contributed by atoms with van der Waals surface area (Å²) in [6.07, 6.45) is -2.70. The molecule has 1 aliphatic heterocycles. The summed E-state index contributed by atoms with van der Waals surface area (Å²) >= 11 is 3.11. The van der Waals surface area contributed by atoms with Crippen molar-refractivity contribution in [2.45, 2.75) is 26.4 Å². The molecule has 1 aromatic heterocycles. The number of halogens is 3. The second-order valence-corrected chi connectivity index (χ2v) is 7.17. The zero-order chi connectivity index (χ0) is 19.4. The van der Waals surface area contributed by atoms with Gasteiger partial charge in [0.05, 0.1) is 23.4 Å². The third-order valence-electron chi connectivity index (χ3n) is 4.38. The Hall–Kier alpha value is -1.84. The summed E-state index contributed by atoms with van der Waals surface area (Å²) in [5.74, 6) is -0.322. The highest BCUT2D eigenvalue weighted by Gasteiger charge is 2.21. The monoisotopic (exact) mass is 442 g/mol. The first-order valence-corrected chi connectivity index (χ1v) is 9.43. The van der Waals surface area contributed by atoms with Gasteiger partial charge in [0.15, 0.2) is 0 Å². The maximum atomic E-state index is 12.9. The summed E-state index contributed by atoms with van der Waals surface area (Å²) in [5, 5.41) is 6.63. The van der Waals surface area contributed by atoms with E-state index in [1.807, 2.05) is 18.2 Å². The molecule has 146 valence electrons. The quantitative estimate of drug-likeness (QED) is 0.744. The molecule has 1 aromatic carbocycles. The van der Waals surface area contributed by atoms with Crippen LogP contribution in [-0.2, 0) is 22.6 Å². The lowest BCUT2D eigenvalue weighted by Gasteiger charge is -2.26. The van der Waals surface area contributed by atoms with E-state index in [4.69, 9.17) is 4.74 Å². The van der Waals surface area contributed by atoms with Crippen molar-refractivity contribution in [2.24, 2.45) is 0 Å². The molecule has 2 aromatic rings. The third-order valence-corrected chi connectivity index (χ3v) is 5.36. The molecule has 0 atom stereocenters.